The van der Waals surface area contributed by atoms with Gasteiger partial charge in [0.1, 0.15) is 0 Å². The highest BCUT2D eigenvalue weighted by atomic mass is 79.9. The first-order chi connectivity index (χ1) is 12.5. The molecule has 0 bridgehead atoms. The van der Waals surface area contributed by atoms with Gasteiger partial charge in [-0.2, -0.15) is 4.52 Å². The predicted molar refractivity (Wildman–Crippen MR) is 99.6 cm³/mol. The van der Waals surface area contributed by atoms with Crippen LogP contribution in [0, 0.1) is 0 Å². The molecule has 6 nitrogen and oxygen atoms in total. The van der Waals surface area contributed by atoms with E-state index in [1.54, 1.807) is 4.52 Å². The third-order valence-electron chi connectivity index (χ3n) is 4.93. The smallest absolute Gasteiger partial charge is 0.303 e. The third kappa shape index (κ3) is 1.86. The lowest BCUT2D eigenvalue weighted by Gasteiger charge is -2.26. The lowest BCUT2D eigenvalue weighted by atomic mass is 9.93. The maximum absolute atomic E-state index is 11.9. The Labute approximate surface area is 156 Å². The molecular formula is C19H13BrN4O2. The summed E-state index contributed by atoms with van der Waals surface area (Å²) in [5.74, 6) is -0.352. The van der Waals surface area contributed by atoms with E-state index in [0.717, 1.165) is 37.6 Å². The number of ether oxygens (including phenoxy) is 1. The molecule has 2 aromatic carbocycles. The van der Waals surface area contributed by atoms with Gasteiger partial charge < -0.3 is 4.74 Å². The lowest BCUT2D eigenvalue weighted by molar-refractivity contribution is -0.152. The van der Waals surface area contributed by atoms with Gasteiger partial charge in [-0.05, 0) is 41.1 Å². The van der Waals surface area contributed by atoms with Crippen LogP contribution in [0.3, 0.4) is 0 Å². The quantitative estimate of drug-likeness (QED) is 0.447. The number of pyridine rings is 1. The van der Waals surface area contributed by atoms with Crippen molar-refractivity contribution < 1.29 is 9.53 Å². The van der Waals surface area contributed by atoms with Crippen molar-refractivity contribution in [3.8, 4) is 11.1 Å². The van der Waals surface area contributed by atoms with Gasteiger partial charge in [-0.25, -0.2) is 0 Å². The van der Waals surface area contributed by atoms with Crippen molar-refractivity contribution in [2.45, 2.75) is 19.4 Å². The van der Waals surface area contributed by atoms with Crippen molar-refractivity contribution in [3.05, 3.63) is 58.1 Å². The van der Waals surface area contributed by atoms with Crippen molar-refractivity contribution in [2.24, 2.45) is 0 Å². The molecule has 0 spiro atoms. The van der Waals surface area contributed by atoms with Crippen LogP contribution < -0.4 is 0 Å². The second kappa shape index (κ2) is 5.11. The zero-order valence-electron chi connectivity index (χ0n) is 14.0. The molecule has 128 valence electrons. The molecule has 1 unspecified atom stereocenters. The van der Waals surface area contributed by atoms with Crippen LogP contribution in [-0.4, -0.2) is 26.0 Å². The van der Waals surface area contributed by atoms with Crippen LogP contribution >= 0.6 is 15.9 Å². The van der Waals surface area contributed by atoms with Crippen LogP contribution in [-0.2, 0) is 15.1 Å². The van der Waals surface area contributed by atoms with E-state index in [4.69, 9.17) is 4.74 Å². The first kappa shape index (κ1) is 15.5. The number of nitrogens with zero attached hydrogens (tertiary/aromatic N) is 4. The molecule has 0 fully saturated rings. The largest absolute Gasteiger partial charge is 0.450 e. The number of hydrogen-bond acceptors (Lipinski definition) is 5. The zero-order chi connectivity index (χ0) is 18.1. The van der Waals surface area contributed by atoms with E-state index in [1.807, 2.05) is 49.4 Å². The molecule has 0 radical (unpaired) electrons. The molecule has 0 amide bonds. The number of rotatable bonds is 1. The van der Waals surface area contributed by atoms with Gasteiger partial charge in [-0.15, -0.1) is 5.10 Å². The molecule has 26 heavy (non-hydrogen) atoms. The summed E-state index contributed by atoms with van der Waals surface area (Å²) in [5.41, 5.74) is 4.31. The second-order valence-corrected chi connectivity index (χ2v) is 7.41. The summed E-state index contributed by atoms with van der Waals surface area (Å²) >= 11 is 3.56. The summed E-state index contributed by atoms with van der Waals surface area (Å²) in [5, 5.41) is 13.3. The van der Waals surface area contributed by atoms with Crippen LogP contribution in [0.2, 0.25) is 0 Å². The van der Waals surface area contributed by atoms with Crippen LogP contribution in [0.1, 0.15) is 25.0 Å². The summed E-state index contributed by atoms with van der Waals surface area (Å²) in [6.45, 7) is 3.32. The van der Waals surface area contributed by atoms with Gasteiger partial charge in [0, 0.05) is 27.9 Å². The van der Waals surface area contributed by atoms with E-state index in [9.17, 15) is 4.79 Å². The molecule has 0 N–H and O–H groups in total. The molecule has 5 rings (SSSR count). The van der Waals surface area contributed by atoms with Gasteiger partial charge in [0.15, 0.2) is 11.2 Å². The fraction of sp³-hybridized carbons (Fsp3) is 0.158. The normalized spacial score (nSPS) is 18.1. The van der Waals surface area contributed by atoms with E-state index in [1.165, 1.54) is 6.92 Å². The van der Waals surface area contributed by atoms with E-state index in [0.29, 0.717) is 5.65 Å². The molecule has 0 saturated carbocycles. The molecule has 7 heteroatoms. The Morgan fingerprint density at radius 2 is 2.04 bits per heavy atom. The Balaban J connectivity index is 2.05. The van der Waals surface area contributed by atoms with Gasteiger partial charge in [0.25, 0.3) is 0 Å². The van der Waals surface area contributed by atoms with Crippen LogP contribution in [0.15, 0.2) is 46.9 Å². The van der Waals surface area contributed by atoms with Crippen molar-refractivity contribution >= 4 is 38.4 Å². The number of benzene rings is 2. The fourth-order valence-corrected chi connectivity index (χ4v) is 4.38. The van der Waals surface area contributed by atoms with Crippen molar-refractivity contribution in [1.29, 1.82) is 0 Å². The number of carbonyl (C=O) groups is 1. The van der Waals surface area contributed by atoms with Crippen molar-refractivity contribution in [1.82, 2.24) is 20.0 Å². The monoisotopic (exact) mass is 408 g/mol. The van der Waals surface area contributed by atoms with E-state index in [2.05, 4.69) is 31.5 Å². The van der Waals surface area contributed by atoms with Gasteiger partial charge in [-0.3, -0.25) is 4.79 Å². The van der Waals surface area contributed by atoms with E-state index >= 15 is 0 Å². The average molecular weight is 409 g/mol. The highest BCUT2D eigenvalue weighted by molar-refractivity contribution is 9.10. The summed E-state index contributed by atoms with van der Waals surface area (Å²) in [6.07, 6.45) is 0. The SMILES string of the molecule is CC(=O)OC1(C)c2ccccc2-c2c1c1nnnn1c1ccc(Br)cc21. The number of esters is 1. The highest BCUT2D eigenvalue weighted by Gasteiger charge is 2.46. The van der Waals surface area contributed by atoms with Crippen LogP contribution in [0.25, 0.3) is 27.7 Å². The average Bonchev–Trinajstić information content (AvgIpc) is 3.17. The van der Waals surface area contributed by atoms with Crippen molar-refractivity contribution in [2.75, 3.05) is 0 Å². The summed E-state index contributed by atoms with van der Waals surface area (Å²) in [7, 11) is 0. The van der Waals surface area contributed by atoms with Gasteiger partial charge >= 0.3 is 5.97 Å². The number of aromatic nitrogens is 4. The van der Waals surface area contributed by atoms with Gasteiger partial charge in [0.2, 0.25) is 0 Å². The standard InChI is InChI=1S/C19H13BrN4O2/c1-10(25)26-19(2)14-6-4-3-5-12(14)16-13-9-11(20)7-8-15(13)24-18(17(16)19)21-22-23-24/h3-9H,1-2H3. The Bertz CT molecular complexity index is 1230. The molecule has 2 aromatic heterocycles. The number of tetrazole rings is 1. The molecule has 0 aliphatic heterocycles. The molecule has 1 aliphatic rings. The first-order valence-electron chi connectivity index (χ1n) is 8.14. The summed E-state index contributed by atoms with van der Waals surface area (Å²) in [6, 6.07) is 14.0. The Morgan fingerprint density at radius 1 is 1.23 bits per heavy atom. The Hall–Kier alpha value is -2.80. The Kier molecular flexibility index (Phi) is 3.04. The molecule has 1 aliphatic carbocycles. The minimum absolute atomic E-state index is 0.352. The van der Waals surface area contributed by atoms with Gasteiger partial charge in [0.05, 0.1) is 11.1 Å². The molecule has 4 aromatic rings. The fourth-order valence-electron chi connectivity index (χ4n) is 4.02. The highest BCUT2D eigenvalue weighted by Crippen LogP contribution is 2.53. The second-order valence-electron chi connectivity index (χ2n) is 6.50. The molecule has 0 saturated heterocycles. The number of fused-ring (bicyclic) bond motifs is 8. The first-order valence-corrected chi connectivity index (χ1v) is 8.93. The molecule has 1 atom stereocenters. The summed E-state index contributed by atoms with van der Waals surface area (Å²) < 4.78 is 8.51. The van der Waals surface area contributed by atoms with E-state index < -0.39 is 5.60 Å². The topological polar surface area (TPSA) is 69.4 Å². The number of carbonyl (C=O) groups excluding carboxylic acids is 1. The minimum Gasteiger partial charge on any atom is -0.450 e. The maximum Gasteiger partial charge on any atom is 0.303 e. The van der Waals surface area contributed by atoms with E-state index in [-0.39, 0.29) is 5.97 Å². The lowest BCUT2D eigenvalue weighted by Crippen LogP contribution is -2.28. The minimum atomic E-state index is -0.954. The zero-order valence-corrected chi connectivity index (χ0v) is 15.6. The number of hydrogen-bond donors (Lipinski definition) is 0. The van der Waals surface area contributed by atoms with Gasteiger partial charge in [-0.1, -0.05) is 40.2 Å². The third-order valence-corrected chi connectivity index (χ3v) is 5.43. The molecular weight excluding hydrogens is 396 g/mol. The summed E-state index contributed by atoms with van der Waals surface area (Å²) in [4.78, 5) is 11.9. The Morgan fingerprint density at radius 3 is 2.85 bits per heavy atom. The van der Waals surface area contributed by atoms with Crippen molar-refractivity contribution in [3.63, 3.8) is 0 Å². The maximum atomic E-state index is 11.9. The predicted octanol–water partition coefficient (Wildman–Crippen LogP) is 3.85. The van der Waals surface area contributed by atoms with Crippen LogP contribution in [0.4, 0.5) is 0 Å². The molecule has 2 heterocycles. The number of halogens is 1. The van der Waals surface area contributed by atoms with Crippen LogP contribution in [0.5, 0.6) is 0 Å².